The number of ether oxygens (including phenoxy) is 2. The summed E-state index contributed by atoms with van der Waals surface area (Å²) in [5.41, 5.74) is 1.53. The first-order valence-electron chi connectivity index (χ1n) is 9.97. The lowest BCUT2D eigenvalue weighted by Crippen LogP contribution is -2.32. The molecule has 1 N–H and O–H groups in total. The zero-order valence-electron chi connectivity index (χ0n) is 17.5. The van der Waals surface area contributed by atoms with E-state index in [1.165, 1.54) is 22.9 Å². The Labute approximate surface area is 178 Å². The minimum Gasteiger partial charge on any atom is -0.493 e. The first kappa shape index (κ1) is 20.4. The van der Waals surface area contributed by atoms with E-state index < -0.39 is 6.04 Å². The van der Waals surface area contributed by atoms with Crippen molar-refractivity contribution in [2.45, 2.75) is 39.2 Å². The smallest absolute Gasteiger partial charge is 0.263 e. The summed E-state index contributed by atoms with van der Waals surface area (Å²) in [6, 6.07) is 4.43. The van der Waals surface area contributed by atoms with Crippen molar-refractivity contribution in [1.82, 2.24) is 9.55 Å². The highest BCUT2D eigenvalue weighted by atomic mass is 32.1. The number of benzene rings is 1. The molecule has 3 aromatic rings. The van der Waals surface area contributed by atoms with Gasteiger partial charge in [0.1, 0.15) is 10.9 Å². The quantitative estimate of drug-likeness (QED) is 0.670. The number of nitrogens with zero attached hydrogens (tertiary/aromatic N) is 2. The van der Waals surface area contributed by atoms with Gasteiger partial charge in [0.05, 0.1) is 25.9 Å². The predicted molar refractivity (Wildman–Crippen MR) is 118 cm³/mol. The number of fused-ring (bicyclic) bond motifs is 3. The molecule has 2 atom stereocenters. The van der Waals surface area contributed by atoms with Crippen LogP contribution in [0.3, 0.4) is 0 Å². The van der Waals surface area contributed by atoms with Crippen LogP contribution < -0.4 is 20.3 Å². The fourth-order valence-corrected chi connectivity index (χ4v) is 5.25. The Bertz CT molecular complexity index is 1170. The Morgan fingerprint density at radius 1 is 1.30 bits per heavy atom. The topological polar surface area (TPSA) is 82.5 Å². The molecule has 1 aromatic carbocycles. The summed E-state index contributed by atoms with van der Waals surface area (Å²) in [6.07, 6.45) is 4.44. The Hall–Kier alpha value is -2.87. The van der Waals surface area contributed by atoms with E-state index in [0.29, 0.717) is 28.5 Å². The molecule has 1 amide bonds. The van der Waals surface area contributed by atoms with Crippen molar-refractivity contribution >= 4 is 33.1 Å². The maximum Gasteiger partial charge on any atom is 0.263 e. The largest absolute Gasteiger partial charge is 0.493 e. The van der Waals surface area contributed by atoms with Crippen LogP contribution in [0.2, 0.25) is 0 Å². The highest BCUT2D eigenvalue weighted by Crippen LogP contribution is 2.35. The van der Waals surface area contributed by atoms with Crippen molar-refractivity contribution in [3.05, 3.63) is 45.3 Å². The van der Waals surface area contributed by atoms with Crippen LogP contribution >= 0.6 is 11.3 Å². The highest BCUT2D eigenvalue weighted by Gasteiger charge is 2.25. The van der Waals surface area contributed by atoms with Crippen molar-refractivity contribution < 1.29 is 14.3 Å². The molecule has 0 saturated heterocycles. The summed E-state index contributed by atoms with van der Waals surface area (Å²) < 4.78 is 11.9. The average Bonchev–Trinajstić information content (AvgIpc) is 3.11. The van der Waals surface area contributed by atoms with Gasteiger partial charge in [0, 0.05) is 16.6 Å². The van der Waals surface area contributed by atoms with E-state index in [1.54, 1.807) is 43.6 Å². The molecule has 2 aromatic heterocycles. The highest BCUT2D eigenvalue weighted by molar-refractivity contribution is 7.18. The fourth-order valence-electron chi connectivity index (χ4n) is 3.91. The molecule has 7 nitrogen and oxygen atoms in total. The van der Waals surface area contributed by atoms with E-state index in [4.69, 9.17) is 9.47 Å². The Balaban J connectivity index is 1.63. The van der Waals surface area contributed by atoms with Gasteiger partial charge < -0.3 is 14.8 Å². The zero-order valence-corrected chi connectivity index (χ0v) is 18.3. The average molecular weight is 428 g/mol. The molecule has 2 heterocycles. The maximum absolute atomic E-state index is 13.2. The number of rotatable bonds is 5. The molecule has 0 spiro atoms. The van der Waals surface area contributed by atoms with Gasteiger partial charge in [-0.1, -0.05) is 6.92 Å². The van der Waals surface area contributed by atoms with Gasteiger partial charge in [-0.2, -0.15) is 0 Å². The number of carbonyl (C=O) groups is 1. The lowest BCUT2D eigenvalue weighted by Gasteiger charge is -2.18. The van der Waals surface area contributed by atoms with Crippen molar-refractivity contribution in [3.8, 4) is 11.5 Å². The van der Waals surface area contributed by atoms with Gasteiger partial charge in [0.2, 0.25) is 5.91 Å². The van der Waals surface area contributed by atoms with Crippen LogP contribution in [0.15, 0.2) is 29.3 Å². The van der Waals surface area contributed by atoms with Gasteiger partial charge >= 0.3 is 0 Å². The number of methoxy groups -OCH3 is 2. The SMILES string of the molecule is COc1ccc(NC(=O)C(C)n2cnc3sc4c(c3c2=O)CCC(C)C4)cc1OC. The number of hydrogen-bond donors (Lipinski definition) is 1. The van der Waals surface area contributed by atoms with Crippen LogP contribution in [0.1, 0.15) is 36.8 Å². The minimum atomic E-state index is -0.708. The van der Waals surface area contributed by atoms with E-state index in [9.17, 15) is 9.59 Å². The third kappa shape index (κ3) is 3.56. The molecular weight excluding hydrogens is 402 g/mol. The number of anilines is 1. The predicted octanol–water partition coefficient (Wildman–Crippen LogP) is 3.80. The zero-order chi connectivity index (χ0) is 21.4. The van der Waals surface area contributed by atoms with Crippen molar-refractivity contribution in [3.63, 3.8) is 0 Å². The second-order valence-electron chi connectivity index (χ2n) is 7.72. The molecule has 4 rings (SSSR count). The third-order valence-corrected chi connectivity index (χ3v) is 6.85. The molecule has 1 aliphatic carbocycles. The minimum absolute atomic E-state index is 0.151. The van der Waals surface area contributed by atoms with E-state index in [0.717, 1.165) is 29.7 Å². The lowest BCUT2D eigenvalue weighted by atomic mass is 9.89. The molecule has 158 valence electrons. The second kappa shape index (κ2) is 8.10. The van der Waals surface area contributed by atoms with Gasteiger partial charge in [0.15, 0.2) is 11.5 Å². The van der Waals surface area contributed by atoms with Gasteiger partial charge in [-0.05, 0) is 49.8 Å². The molecule has 0 fully saturated rings. The van der Waals surface area contributed by atoms with Crippen LogP contribution in [-0.4, -0.2) is 29.7 Å². The monoisotopic (exact) mass is 427 g/mol. The summed E-state index contributed by atoms with van der Waals surface area (Å²) in [6.45, 7) is 3.94. The molecule has 30 heavy (non-hydrogen) atoms. The molecule has 2 unspecified atom stereocenters. The van der Waals surface area contributed by atoms with Crippen molar-refractivity contribution in [2.75, 3.05) is 19.5 Å². The van der Waals surface area contributed by atoms with Gasteiger partial charge in [-0.25, -0.2) is 4.98 Å². The summed E-state index contributed by atoms with van der Waals surface area (Å²) >= 11 is 1.61. The van der Waals surface area contributed by atoms with Crippen LogP contribution in [0.5, 0.6) is 11.5 Å². The number of hydrogen-bond acceptors (Lipinski definition) is 6. The van der Waals surface area contributed by atoms with Crippen LogP contribution in [0, 0.1) is 5.92 Å². The molecule has 0 saturated carbocycles. The summed E-state index contributed by atoms with van der Waals surface area (Å²) in [4.78, 5) is 32.6. The maximum atomic E-state index is 13.2. The number of carbonyl (C=O) groups excluding carboxylic acids is 1. The van der Waals surface area contributed by atoms with E-state index in [1.807, 2.05) is 0 Å². The number of aryl methyl sites for hydroxylation is 1. The molecule has 8 heteroatoms. The molecule has 0 radical (unpaired) electrons. The molecule has 0 aliphatic heterocycles. The fraction of sp³-hybridized carbons (Fsp3) is 0.409. The first-order valence-corrected chi connectivity index (χ1v) is 10.8. The van der Waals surface area contributed by atoms with E-state index >= 15 is 0 Å². The van der Waals surface area contributed by atoms with Crippen LogP contribution in [0.25, 0.3) is 10.2 Å². The van der Waals surface area contributed by atoms with Crippen molar-refractivity contribution in [2.24, 2.45) is 5.92 Å². The Morgan fingerprint density at radius 2 is 2.07 bits per heavy atom. The number of amides is 1. The molecular formula is C22H25N3O4S. The van der Waals surface area contributed by atoms with Crippen molar-refractivity contribution in [1.29, 1.82) is 0 Å². The standard InChI is InChI=1S/C22H25N3O4S/c1-12-5-7-15-18(9-12)30-21-19(15)22(27)25(11-23-21)13(2)20(26)24-14-6-8-16(28-3)17(10-14)29-4/h6,8,10-13H,5,7,9H2,1-4H3,(H,24,26). The van der Waals surface area contributed by atoms with Gasteiger partial charge in [-0.3, -0.25) is 14.2 Å². The number of nitrogens with one attached hydrogen (secondary N) is 1. The molecule has 1 aliphatic rings. The Morgan fingerprint density at radius 3 is 2.80 bits per heavy atom. The number of aromatic nitrogens is 2. The first-order chi connectivity index (χ1) is 14.4. The summed E-state index contributed by atoms with van der Waals surface area (Å²) in [7, 11) is 3.09. The van der Waals surface area contributed by atoms with E-state index in [2.05, 4.69) is 17.2 Å². The van der Waals surface area contributed by atoms with E-state index in [-0.39, 0.29) is 11.5 Å². The lowest BCUT2D eigenvalue weighted by molar-refractivity contribution is -0.118. The van der Waals surface area contributed by atoms with Crippen LogP contribution in [0.4, 0.5) is 5.69 Å². The summed E-state index contributed by atoms with van der Waals surface area (Å²) in [5.74, 6) is 1.41. The second-order valence-corrected chi connectivity index (χ2v) is 8.81. The summed E-state index contributed by atoms with van der Waals surface area (Å²) in [5, 5.41) is 3.52. The van der Waals surface area contributed by atoms with Gasteiger partial charge in [-0.15, -0.1) is 11.3 Å². The Kier molecular flexibility index (Phi) is 5.51. The molecule has 0 bridgehead atoms. The number of thiophene rings is 1. The van der Waals surface area contributed by atoms with Crippen LogP contribution in [-0.2, 0) is 17.6 Å². The third-order valence-electron chi connectivity index (χ3n) is 5.69. The van der Waals surface area contributed by atoms with Gasteiger partial charge in [0.25, 0.3) is 5.56 Å². The normalized spacial score (nSPS) is 16.7.